The Hall–Kier alpha value is -1.97. The van der Waals surface area contributed by atoms with Crippen molar-refractivity contribution in [1.29, 1.82) is 0 Å². The van der Waals surface area contributed by atoms with Crippen molar-refractivity contribution in [3.05, 3.63) is 35.9 Å². The van der Waals surface area contributed by atoms with Crippen LogP contribution < -0.4 is 4.74 Å². The average molecular weight is 379 g/mol. The zero-order valence-corrected chi connectivity index (χ0v) is 16.2. The summed E-state index contributed by atoms with van der Waals surface area (Å²) in [7, 11) is -1.92. The van der Waals surface area contributed by atoms with Gasteiger partial charge >= 0.3 is 0 Å². The van der Waals surface area contributed by atoms with Gasteiger partial charge < -0.3 is 4.74 Å². The molecule has 142 valence electrons. The van der Waals surface area contributed by atoms with Crippen molar-refractivity contribution >= 4 is 10.0 Å². The van der Waals surface area contributed by atoms with Gasteiger partial charge in [0.1, 0.15) is 11.6 Å². The molecule has 2 aromatic rings. The first kappa shape index (κ1) is 18.8. The molecular formula is C17H25N5O3S. The van der Waals surface area contributed by atoms with E-state index < -0.39 is 10.0 Å². The van der Waals surface area contributed by atoms with Crippen molar-refractivity contribution in [3.63, 3.8) is 0 Å². The highest BCUT2D eigenvalue weighted by molar-refractivity contribution is 7.89. The summed E-state index contributed by atoms with van der Waals surface area (Å²) in [5, 5.41) is 7.18. The van der Waals surface area contributed by atoms with E-state index in [1.807, 2.05) is 0 Å². The molecule has 0 radical (unpaired) electrons. The van der Waals surface area contributed by atoms with E-state index in [1.54, 1.807) is 31.4 Å². The Balaban J connectivity index is 1.59. The maximum Gasteiger partial charge on any atom is 0.243 e. The Morgan fingerprint density at radius 3 is 2.35 bits per heavy atom. The summed E-state index contributed by atoms with van der Waals surface area (Å²) < 4.78 is 32.2. The van der Waals surface area contributed by atoms with Crippen LogP contribution >= 0.6 is 0 Å². The third-order valence-electron chi connectivity index (χ3n) is 4.47. The topological polar surface area (TPSA) is 91.4 Å². The van der Waals surface area contributed by atoms with Crippen LogP contribution in [0.1, 0.15) is 31.4 Å². The summed E-state index contributed by atoms with van der Waals surface area (Å²) >= 11 is 0. The fourth-order valence-electron chi connectivity index (χ4n) is 2.88. The molecule has 8 nitrogen and oxygen atoms in total. The van der Waals surface area contributed by atoms with Gasteiger partial charge in [0.25, 0.3) is 0 Å². The number of piperazine rings is 1. The SMILES string of the molecule is COc1ccc(S(=O)(=O)N2CCN(Cc3nc(C(C)C)n[nH]3)CC2)cc1. The molecule has 1 aromatic carbocycles. The second kappa shape index (κ2) is 7.73. The predicted octanol–water partition coefficient (Wildman–Crippen LogP) is 1.44. The molecular weight excluding hydrogens is 354 g/mol. The van der Waals surface area contributed by atoms with Crippen molar-refractivity contribution in [2.75, 3.05) is 33.3 Å². The molecule has 2 heterocycles. The molecule has 1 aliphatic rings. The van der Waals surface area contributed by atoms with Crippen LogP contribution in [0.2, 0.25) is 0 Å². The number of hydrogen-bond acceptors (Lipinski definition) is 6. The number of aromatic amines is 1. The van der Waals surface area contributed by atoms with Crippen LogP contribution in [-0.2, 0) is 16.6 Å². The minimum atomic E-state index is -3.48. The zero-order valence-electron chi connectivity index (χ0n) is 15.3. The van der Waals surface area contributed by atoms with Gasteiger partial charge in [-0.15, -0.1) is 0 Å². The zero-order chi connectivity index (χ0) is 18.7. The highest BCUT2D eigenvalue weighted by Crippen LogP contribution is 2.21. The second-order valence-corrected chi connectivity index (χ2v) is 8.59. The van der Waals surface area contributed by atoms with E-state index in [1.165, 1.54) is 4.31 Å². The van der Waals surface area contributed by atoms with Gasteiger partial charge in [-0.1, -0.05) is 13.8 Å². The number of aromatic nitrogens is 3. The first-order chi connectivity index (χ1) is 12.4. The van der Waals surface area contributed by atoms with Crippen molar-refractivity contribution in [2.45, 2.75) is 31.2 Å². The molecule has 1 fully saturated rings. The lowest BCUT2D eigenvalue weighted by atomic mass is 10.2. The van der Waals surface area contributed by atoms with E-state index in [4.69, 9.17) is 4.74 Å². The highest BCUT2D eigenvalue weighted by atomic mass is 32.2. The molecule has 0 unspecified atom stereocenters. The lowest BCUT2D eigenvalue weighted by Crippen LogP contribution is -2.48. The molecule has 0 aliphatic carbocycles. The van der Waals surface area contributed by atoms with Gasteiger partial charge in [-0.05, 0) is 24.3 Å². The van der Waals surface area contributed by atoms with Gasteiger partial charge in [-0.25, -0.2) is 13.4 Å². The van der Waals surface area contributed by atoms with E-state index in [0.717, 1.165) is 11.6 Å². The van der Waals surface area contributed by atoms with Gasteiger partial charge in [-0.3, -0.25) is 10.00 Å². The van der Waals surface area contributed by atoms with Gasteiger partial charge in [-0.2, -0.15) is 9.40 Å². The maximum atomic E-state index is 12.8. The molecule has 1 aromatic heterocycles. The van der Waals surface area contributed by atoms with E-state index >= 15 is 0 Å². The third-order valence-corrected chi connectivity index (χ3v) is 6.38. The fourth-order valence-corrected chi connectivity index (χ4v) is 4.30. The van der Waals surface area contributed by atoms with Gasteiger partial charge in [0.05, 0.1) is 18.6 Å². The Morgan fingerprint density at radius 2 is 1.81 bits per heavy atom. The third kappa shape index (κ3) is 4.05. The van der Waals surface area contributed by atoms with E-state index in [-0.39, 0.29) is 5.92 Å². The first-order valence-electron chi connectivity index (χ1n) is 8.68. The lowest BCUT2D eigenvalue weighted by Gasteiger charge is -2.33. The molecule has 0 amide bonds. The predicted molar refractivity (Wildman–Crippen MR) is 97.5 cm³/mol. The van der Waals surface area contributed by atoms with Crippen LogP contribution in [0.15, 0.2) is 29.2 Å². The fraction of sp³-hybridized carbons (Fsp3) is 0.529. The van der Waals surface area contributed by atoms with E-state index in [2.05, 4.69) is 33.9 Å². The Bertz CT molecular complexity index is 824. The maximum absolute atomic E-state index is 12.8. The number of methoxy groups -OCH3 is 1. The second-order valence-electron chi connectivity index (χ2n) is 6.65. The van der Waals surface area contributed by atoms with Crippen molar-refractivity contribution in [1.82, 2.24) is 24.4 Å². The van der Waals surface area contributed by atoms with E-state index in [9.17, 15) is 8.42 Å². The number of nitrogens with zero attached hydrogens (tertiary/aromatic N) is 4. The summed E-state index contributed by atoms with van der Waals surface area (Å²) in [5.74, 6) is 2.55. The van der Waals surface area contributed by atoms with Crippen LogP contribution in [0.5, 0.6) is 5.75 Å². The largest absolute Gasteiger partial charge is 0.497 e. The number of nitrogens with one attached hydrogen (secondary N) is 1. The summed E-state index contributed by atoms with van der Waals surface area (Å²) in [6.07, 6.45) is 0. The number of sulfonamides is 1. The van der Waals surface area contributed by atoms with Crippen LogP contribution in [0.25, 0.3) is 0 Å². The molecule has 1 aliphatic heterocycles. The number of H-pyrrole nitrogens is 1. The van der Waals surface area contributed by atoms with Crippen molar-refractivity contribution in [3.8, 4) is 5.75 Å². The lowest BCUT2D eigenvalue weighted by molar-refractivity contribution is 0.178. The molecule has 0 bridgehead atoms. The normalized spacial score (nSPS) is 16.9. The summed E-state index contributed by atoms with van der Waals surface area (Å²) in [5.41, 5.74) is 0. The minimum Gasteiger partial charge on any atom is -0.497 e. The standard InChI is InChI=1S/C17H25N5O3S/c1-13(2)17-18-16(19-20-17)12-21-8-10-22(11-9-21)26(23,24)15-6-4-14(25-3)5-7-15/h4-7,13H,8-12H2,1-3H3,(H,18,19,20). The number of ether oxygens (including phenoxy) is 1. The van der Waals surface area contributed by atoms with Crippen molar-refractivity contribution in [2.24, 2.45) is 0 Å². The quantitative estimate of drug-likeness (QED) is 0.817. The smallest absolute Gasteiger partial charge is 0.243 e. The average Bonchev–Trinajstić information content (AvgIpc) is 3.11. The number of benzene rings is 1. The molecule has 26 heavy (non-hydrogen) atoms. The summed E-state index contributed by atoms with van der Waals surface area (Å²) in [4.78, 5) is 6.96. The van der Waals surface area contributed by atoms with E-state index in [0.29, 0.717) is 43.4 Å². The highest BCUT2D eigenvalue weighted by Gasteiger charge is 2.28. The van der Waals surface area contributed by atoms with Crippen LogP contribution in [0.3, 0.4) is 0 Å². The van der Waals surface area contributed by atoms with Crippen LogP contribution in [0.4, 0.5) is 0 Å². The summed E-state index contributed by atoms with van der Waals surface area (Å²) in [6, 6.07) is 6.50. The molecule has 0 spiro atoms. The minimum absolute atomic E-state index is 0.284. The first-order valence-corrected chi connectivity index (χ1v) is 10.1. The molecule has 9 heteroatoms. The molecule has 1 saturated heterocycles. The molecule has 1 N–H and O–H groups in total. The van der Waals surface area contributed by atoms with Crippen LogP contribution in [-0.4, -0.2) is 66.1 Å². The molecule has 0 saturated carbocycles. The Morgan fingerprint density at radius 1 is 1.15 bits per heavy atom. The Labute approximate surface area is 154 Å². The molecule has 3 rings (SSSR count). The van der Waals surface area contributed by atoms with Crippen molar-refractivity contribution < 1.29 is 13.2 Å². The van der Waals surface area contributed by atoms with Gasteiger partial charge in [0.15, 0.2) is 5.82 Å². The number of rotatable bonds is 6. The number of hydrogen-bond donors (Lipinski definition) is 1. The monoisotopic (exact) mass is 379 g/mol. The summed E-state index contributed by atoms with van der Waals surface area (Å²) in [6.45, 7) is 6.99. The van der Waals surface area contributed by atoms with Crippen LogP contribution in [0, 0.1) is 0 Å². The molecule has 0 atom stereocenters. The van der Waals surface area contributed by atoms with Gasteiger partial charge in [0.2, 0.25) is 10.0 Å². The van der Waals surface area contributed by atoms with Gasteiger partial charge in [0, 0.05) is 32.1 Å². The Kier molecular flexibility index (Phi) is 5.59.